The lowest BCUT2D eigenvalue weighted by Crippen LogP contribution is -2.61. The largest absolute Gasteiger partial charge is 0.385 e. The lowest BCUT2D eigenvalue weighted by molar-refractivity contribution is -0.0942. The molecule has 1 fully saturated rings. The number of fused-ring (bicyclic) bond motifs is 1. The standard InChI is InChI=1S/C17H24N2O2/c1-17(2)14(10-15(17)21-3)19-16(20)12-6-4-8-13-11(12)7-5-9-18-13/h4,6,8,14-15,18H,5,7,9-10H2,1-3H3,(H,19,20). The van der Waals surface area contributed by atoms with Gasteiger partial charge in [-0.25, -0.2) is 0 Å². The summed E-state index contributed by atoms with van der Waals surface area (Å²) in [5.74, 6) is 0.0446. The molecule has 1 aliphatic heterocycles. The number of benzene rings is 1. The minimum atomic E-state index is -0.00248. The van der Waals surface area contributed by atoms with E-state index in [0.717, 1.165) is 42.6 Å². The molecular formula is C17H24N2O2. The van der Waals surface area contributed by atoms with Gasteiger partial charge in [0.1, 0.15) is 0 Å². The van der Waals surface area contributed by atoms with Crippen LogP contribution < -0.4 is 10.6 Å². The van der Waals surface area contributed by atoms with Crippen LogP contribution in [0.5, 0.6) is 0 Å². The highest BCUT2D eigenvalue weighted by Crippen LogP contribution is 2.42. The van der Waals surface area contributed by atoms with Gasteiger partial charge in [0.05, 0.1) is 6.10 Å². The fraction of sp³-hybridized carbons (Fsp3) is 0.588. The monoisotopic (exact) mass is 288 g/mol. The Balaban J connectivity index is 1.75. The molecule has 114 valence electrons. The van der Waals surface area contributed by atoms with Gasteiger partial charge in [0.15, 0.2) is 0 Å². The normalized spacial score (nSPS) is 26.2. The lowest BCUT2D eigenvalue weighted by atomic mass is 9.64. The van der Waals surface area contributed by atoms with Crippen molar-refractivity contribution in [2.24, 2.45) is 5.41 Å². The Kier molecular flexibility index (Phi) is 3.66. The zero-order valence-corrected chi connectivity index (χ0v) is 13.0. The molecule has 1 aromatic rings. The second-order valence-corrected chi connectivity index (χ2v) is 6.67. The molecule has 1 aliphatic carbocycles. The van der Waals surface area contributed by atoms with Crippen LogP contribution in [0.15, 0.2) is 18.2 Å². The molecule has 2 N–H and O–H groups in total. The second-order valence-electron chi connectivity index (χ2n) is 6.67. The van der Waals surface area contributed by atoms with Crippen LogP contribution in [0, 0.1) is 5.41 Å². The molecule has 2 unspecified atom stereocenters. The van der Waals surface area contributed by atoms with Crippen molar-refractivity contribution in [3.63, 3.8) is 0 Å². The lowest BCUT2D eigenvalue weighted by Gasteiger charge is -2.51. The van der Waals surface area contributed by atoms with Crippen molar-refractivity contribution in [2.45, 2.75) is 45.3 Å². The molecule has 1 heterocycles. The van der Waals surface area contributed by atoms with Gasteiger partial charge in [-0.2, -0.15) is 0 Å². The first kappa shape index (κ1) is 14.4. The van der Waals surface area contributed by atoms with Crippen LogP contribution >= 0.6 is 0 Å². The zero-order chi connectivity index (χ0) is 15.0. The van der Waals surface area contributed by atoms with E-state index < -0.39 is 0 Å². The molecule has 21 heavy (non-hydrogen) atoms. The minimum absolute atomic E-state index is 0.00248. The van der Waals surface area contributed by atoms with Gasteiger partial charge in [0.25, 0.3) is 5.91 Å². The summed E-state index contributed by atoms with van der Waals surface area (Å²) in [5, 5.41) is 6.56. The summed E-state index contributed by atoms with van der Waals surface area (Å²) in [5.41, 5.74) is 3.08. The summed E-state index contributed by atoms with van der Waals surface area (Å²) in [6, 6.07) is 6.12. The fourth-order valence-electron chi connectivity index (χ4n) is 3.49. The maximum Gasteiger partial charge on any atom is 0.251 e. The zero-order valence-electron chi connectivity index (χ0n) is 13.0. The Labute approximate surface area is 126 Å². The van der Waals surface area contributed by atoms with Crippen molar-refractivity contribution in [2.75, 3.05) is 19.0 Å². The number of ether oxygens (including phenoxy) is 1. The van der Waals surface area contributed by atoms with E-state index in [0.29, 0.717) is 0 Å². The predicted molar refractivity (Wildman–Crippen MR) is 83.7 cm³/mol. The SMILES string of the molecule is COC1CC(NC(=O)c2cccc3c2CCCN3)C1(C)C. The minimum Gasteiger partial charge on any atom is -0.385 e. The fourth-order valence-corrected chi connectivity index (χ4v) is 3.49. The first-order chi connectivity index (χ1) is 10.0. The molecule has 2 aliphatic rings. The first-order valence-electron chi connectivity index (χ1n) is 7.73. The average molecular weight is 288 g/mol. The van der Waals surface area contributed by atoms with Gasteiger partial charge in [-0.05, 0) is 37.0 Å². The Morgan fingerprint density at radius 3 is 2.95 bits per heavy atom. The summed E-state index contributed by atoms with van der Waals surface area (Å²) in [4.78, 5) is 12.6. The van der Waals surface area contributed by atoms with E-state index in [1.165, 1.54) is 0 Å². The second kappa shape index (κ2) is 5.34. The Hall–Kier alpha value is -1.55. The topological polar surface area (TPSA) is 50.4 Å². The summed E-state index contributed by atoms with van der Waals surface area (Å²) >= 11 is 0. The van der Waals surface area contributed by atoms with E-state index in [-0.39, 0.29) is 23.5 Å². The van der Waals surface area contributed by atoms with Gasteiger partial charge in [-0.3, -0.25) is 4.79 Å². The molecule has 0 radical (unpaired) electrons. The highest BCUT2D eigenvalue weighted by Gasteiger charge is 2.49. The summed E-state index contributed by atoms with van der Waals surface area (Å²) in [6.07, 6.45) is 3.18. The van der Waals surface area contributed by atoms with Crippen LogP contribution in [0.3, 0.4) is 0 Å². The molecule has 0 saturated heterocycles. The Bertz CT molecular complexity index is 554. The molecule has 0 aromatic heterocycles. The number of carbonyl (C=O) groups excluding carboxylic acids is 1. The molecule has 1 amide bonds. The van der Waals surface area contributed by atoms with Crippen LogP contribution in [-0.2, 0) is 11.2 Å². The Morgan fingerprint density at radius 1 is 1.43 bits per heavy atom. The van der Waals surface area contributed by atoms with E-state index in [1.807, 2.05) is 12.1 Å². The molecule has 3 rings (SSSR count). The van der Waals surface area contributed by atoms with Crippen molar-refractivity contribution in [3.8, 4) is 0 Å². The third-order valence-corrected chi connectivity index (χ3v) is 5.11. The van der Waals surface area contributed by atoms with Crippen molar-refractivity contribution in [1.29, 1.82) is 0 Å². The number of methoxy groups -OCH3 is 1. The third-order valence-electron chi connectivity index (χ3n) is 5.11. The van der Waals surface area contributed by atoms with Crippen LogP contribution in [0.25, 0.3) is 0 Å². The van der Waals surface area contributed by atoms with Crippen molar-refractivity contribution in [1.82, 2.24) is 5.32 Å². The van der Waals surface area contributed by atoms with Crippen LogP contribution in [-0.4, -0.2) is 31.7 Å². The van der Waals surface area contributed by atoms with Gasteiger partial charge >= 0.3 is 0 Å². The predicted octanol–water partition coefficient (Wildman–Crippen LogP) is 2.59. The van der Waals surface area contributed by atoms with Crippen molar-refractivity contribution < 1.29 is 9.53 Å². The van der Waals surface area contributed by atoms with Crippen molar-refractivity contribution in [3.05, 3.63) is 29.3 Å². The van der Waals surface area contributed by atoms with E-state index >= 15 is 0 Å². The van der Waals surface area contributed by atoms with Gasteiger partial charge in [0.2, 0.25) is 0 Å². The number of rotatable bonds is 3. The molecule has 1 saturated carbocycles. The maximum absolute atomic E-state index is 12.6. The highest BCUT2D eigenvalue weighted by molar-refractivity contribution is 5.97. The van der Waals surface area contributed by atoms with Gasteiger partial charge < -0.3 is 15.4 Å². The van der Waals surface area contributed by atoms with Gasteiger partial charge in [0, 0.05) is 36.4 Å². The summed E-state index contributed by atoms with van der Waals surface area (Å²) in [6.45, 7) is 5.29. The van der Waals surface area contributed by atoms with Crippen LogP contribution in [0.4, 0.5) is 5.69 Å². The number of anilines is 1. The van der Waals surface area contributed by atoms with Crippen molar-refractivity contribution >= 4 is 11.6 Å². The summed E-state index contributed by atoms with van der Waals surface area (Å²) in [7, 11) is 1.74. The quantitative estimate of drug-likeness (QED) is 0.899. The highest BCUT2D eigenvalue weighted by atomic mass is 16.5. The van der Waals surface area contributed by atoms with Gasteiger partial charge in [-0.1, -0.05) is 19.9 Å². The van der Waals surface area contributed by atoms with Crippen LogP contribution in [0.2, 0.25) is 0 Å². The number of carbonyl (C=O) groups is 1. The molecule has 4 heteroatoms. The number of amides is 1. The first-order valence-corrected chi connectivity index (χ1v) is 7.73. The molecular weight excluding hydrogens is 264 g/mol. The number of hydrogen-bond donors (Lipinski definition) is 2. The smallest absolute Gasteiger partial charge is 0.251 e. The summed E-state index contributed by atoms with van der Waals surface area (Å²) < 4.78 is 5.45. The maximum atomic E-state index is 12.6. The molecule has 2 atom stereocenters. The van der Waals surface area contributed by atoms with E-state index in [2.05, 4.69) is 30.5 Å². The number of nitrogens with one attached hydrogen (secondary N) is 2. The average Bonchev–Trinajstić information content (AvgIpc) is 2.50. The molecule has 4 nitrogen and oxygen atoms in total. The molecule has 0 bridgehead atoms. The Morgan fingerprint density at radius 2 is 2.24 bits per heavy atom. The van der Waals surface area contributed by atoms with Gasteiger partial charge in [-0.15, -0.1) is 0 Å². The molecule has 0 spiro atoms. The van der Waals surface area contributed by atoms with E-state index in [4.69, 9.17) is 4.74 Å². The van der Waals surface area contributed by atoms with Crippen LogP contribution in [0.1, 0.15) is 42.6 Å². The number of hydrogen-bond acceptors (Lipinski definition) is 3. The molecule has 1 aromatic carbocycles. The van der Waals surface area contributed by atoms with E-state index in [1.54, 1.807) is 7.11 Å². The third kappa shape index (κ3) is 2.42. The van der Waals surface area contributed by atoms with E-state index in [9.17, 15) is 4.79 Å².